The van der Waals surface area contributed by atoms with Gasteiger partial charge in [0.25, 0.3) is 11.4 Å². The van der Waals surface area contributed by atoms with E-state index in [0.29, 0.717) is 5.69 Å². The number of benzene rings is 1. The highest BCUT2D eigenvalue weighted by Gasteiger charge is 2.32. The molecule has 1 saturated carbocycles. The van der Waals surface area contributed by atoms with E-state index in [0.717, 1.165) is 37.8 Å². The molecule has 0 spiro atoms. The highest BCUT2D eigenvalue weighted by atomic mass is 16.6. The predicted molar refractivity (Wildman–Crippen MR) is 94.5 cm³/mol. The van der Waals surface area contributed by atoms with Crippen LogP contribution in [-0.4, -0.2) is 32.6 Å². The van der Waals surface area contributed by atoms with Gasteiger partial charge in [-0.25, -0.2) is 4.79 Å². The van der Waals surface area contributed by atoms with Gasteiger partial charge >= 0.3 is 5.97 Å². The number of carbonyl (C=O) groups is 1. The number of non-ortho nitro benzene ring substituents is 1. The number of H-pyrrole nitrogens is 1. The van der Waals surface area contributed by atoms with Gasteiger partial charge < -0.3 is 4.74 Å². The molecule has 0 amide bonds. The number of esters is 1. The number of hydrogen-bond donors (Lipinski definition) is 1. The third kappa shape index (κ3) is 3.50. The van der Waals surface area contributed by atoms with Gasteiger partial charge in [-0.1, -0.05) is 12.8 Å². The Balaban J connectivity index is 2.17. The van der Waals surface area contributed by atoms with Gasteiger partial charge in [-0.15, -0.1) is 0 Å². The van der Waals surface area contributed by atoms with E-state index < -0.39 is 27.2 Å². The Morgan fingerprint density at radius 3 is 2.56 bits per heavy atom. The largest absolute Gasteiger partial charge is 0.462 e. The fourth-order valence-electron chi connectivity index (χ4n) is 3.46. The standard InChI is InChI=1S/C17H18N4O6/c1-2-27-17(22)14-15(10-5-3-4-6-10)18-19-16(14)12-8-7-11(20(23)24)9-13(12)21(25)26/h7-10H,2-6H2,1H3,(H,18,19). The van der Waals surface area contributed by atoms with Crippen LogP contribution < -0.4 is 0 Å². The summed E-state index contributed by atoms with van der Waals surface area (Å²) in [5.41, 5.74) is -0.00527. The summed E-state index contributed by atoms with van der Waals surface area (Å²) in [7, 11) is 0. The monoisotopic (exact) mass is 374 g/mol. The topological polar surface area (TPSA) is 141 Å². The summed E-state index contributed by atoms with van der Waals surface area (Å²) in [5.74, 6) is -0.515. The van der Waals surface area contributed by atoms with Gasteiger partial charge in [0, 0.05) is 12.0 Å². The van der Waals surface area contributed by atoms with E-state index in [4.69, 9.17) is 4.74 Å². The maximum atomic E-state index is 12.6. The molecular formula is C17H18N4O6. The number of rotatable bonds is 6. The van der Waals surface area contributed by atoms with Crippen molar-refractivity contribution in [3.63, 3.8) is 0 Å². The van der Waals surface area contributed by atoms with E-state index in [2.05, 4.69) is 10.2 Å². The second-order valence-corrected chi connectivity index (χ2v) is 6.28. The van der Waals surface area contributed by atoms with Crippen molar-refractivity contribution >= 4 is 17.3 Å². The smallest absolute Gasteiger partial charge is 0.342 e. The van der Waals surface area contributed by atoms with Crippen LogP contribution in [0.1, 0.15) is 54.6 Å². The Bertz CT molecular complexity index is 901. The van der Waals surface area contributed by atoms with Gasteiger partial charge in [0.1, 0.15) is 11.3 Å². The molecule has 0 radical (unpaired) electrons. The number of carbonyl (C=O) groups excluding carboxylic acids is 1. The molecule has 10 heteroatoms. The predicted octanol–water partition coefficient (Wildman–Crippen LogP) is 3.73. The summed E-state index contributed by atoms with van der Waals surface area (Å²) in [5, 5.41) is 29.4. The van der Waals surface area contributed by atoms with Gasteiger partial charge in [-0.2, -0.15) is 5.10 Å². The average Bonchev–Trinajstić information content (AvgIpc) is 3.30. The van der Waals surface area contributed by atoms with Gasteiger partial charge in [0.2, 0.25) is 0 Å². The Morgan fingerprint density at radius 1 is 1.26 bits per heavy atom. The molecule has 1 aliphatic carbocycles. The first-order valence-electron chi connectivity index (χ1n) is 8.62. The first-order chi connectivity index (χ1) is 12.9. The summed E-state index contributed by atoms with van der Waals surface area (Å²) in [6, 6.07) is 3.27. The molecule has 1 aliphatic rings. The minimum absolute atomic E-state index is 0.0363. The van der Waals surface area contributed by atoms with Crippen LogP contribution in [0.15, 0.2) is 18.2 Å². The Morgan fingerprint density at radius 2 is 1.96 bits per heavy atom. The molecule has 1 heterocycles. The van der Waals surface area contributed by atoms with Crippen molar-refractivity contribution in [2.45, 2.75) is 38.5 Å². The molecule has 0 atom stereocenters. The lowest BCUT2D eigenvalue weighted by Crippen LogP contribution is -2.10. The zero-order valence-electron chi connectivity index (χ0n) is 14.6. The Labute approximate surface area is 153 Å². The number of nitro benzene ring substituents is 2. The van der Waals surface area contributed by atoms with E-state index in [1.165, 1.54) is 6.07 Å². The third-order valence-electron chi connectivity index (χ3n) is 4.68. The van der Waals surface area contributed by atoms with E-state index in [1.54, 1.807) is 6.92 Å². The van der Waals surface area contributed by atoms with Gasteiger partial charge in [0.05, 0.1) is 33.8 Å². The van der Waals surface area contributed by atoms with Gasteiger partial charge in [-0.05, 0) is 25.8 Å². The first-order valence-corrected chi connectivity index (χ1v) is 8.62. The molecular weight excluding hydrogens is 356 g/mol. The minimum Gasteiger partial charge on any atom is -0.462 e. The van der Waals surface area contributed by atoms with Gasteiger partial charge in [-0.3, -0.25) is 25.3 Å². The van der Waals surface area contributed by atoms with Crippen LogP contribution in [-0.2, 0) is 4.74 Å². The molecule has 2 aromatic rings. The molecule has 0 unspecified atom stereocenters. The van der Waals surface area contributed by atoms with Crippen molar-refractivity contribution in [1.82, 2.24) is 10.2 Å². The zero-order valence-corrected chi connectivity index (χ0v) is 14.6. The number of nitrogens with zero attached hydrogens (tertiary/aromatic N) is 3. The number of nitro groups is 2. The van der Waals surface area contributed by atoms with Crippen LogP contribution >= 0.6 is 0 Å². The molecule has 1 aromatic carbocycles. The number of aromatic amines is 1. The van der Waals surface area contributed by atoms with Crippen LogP contribution in [0.2, 0.25) is 0 Å². The SMILES string of the molecule is CCOC(=O)c1c(-c2ccc([N+](=O)[O-])cc2[N+](=O)[O-])n[nH]c1C1CCCC1. The summed E-state index contributed by atoms with van der Waals surface area (Å²) in [6.07, 6.45) is 3.82. The summed E-state index contributed by atoms with van der Waals surface area (Å²) < 4.78 is 5.13. The molecule has 3 rings (SSSR count). The fraction of sp³-hybridized carbons (Fsp3) is 0.412. The van der Waals surface area contributed by atoms with Crippen molar-refractivity contribution in [2.24, 2.45) is 0 Å². The lowest BCUT2D eigenvalue weighted by Gasteiger charge is -2.10. The fourth-order valence-corrected chi connectivity index (χ4v) is 3.46. The van der Waals surface area contributed by atoms with Crippen LogP contribution in [0, 0.1) is 20.2 Å². The van der Waals surface area contributed by atoms with E-state index in [-0.39, 0.29) is 29.3 Å². The van der Waals surface area contributed by atoms with Crippen LogP contribution in [0.5, 0.6) is 0 Å². The first kappa shape index (κ1) is 18.5. The molecule has 142 valence electrons. The highest BCUT2D eigenvalue weighted by Crippen LogP contribution is 2.40. The maximum Gasteiger partial charge on any atom is 0.342 e. The van der Waals surface area contributed by atoms with E-state index >= 15 is 0 Å². The summed E-state index contributed by atoms with van der Waals surface area (Å²) in [4.78, 5) is 33.6. The van der Waals surface area contributed by atoms with Gasteiger partial charge in [0.15, 0.2) is 0 Å². The molecule has 1 aromatic heterocycles. The Kier molecular flexibility index (Phi) is 5.15. The highest BCUT2D eigenvalue weighted by molar-refractivity contribution is 5.99. The molecule has 1 fully saturated rings. The lowest BCUT2D eigenvalue weighted by atomic mass is 9.96. The number of aromatic nitrogens is 2. The van der Waals surface area contributed by atoms with Crippen molar-refractivity contribution < 1.29 is 19.4 Å². The molecule has 27 heavy (non-hydrogen) atoms. The van der Waals surface area contributed by atoms with E-state index in [9.17, 15) is 25.0 Å². The molecule has 0 bridgehead atoms. The summed E-state index contributed by atoms with van der Waals surface area (Å²) in [6.45, 7) is 1.82. The maximum absolute atomic E-state index is 12.6. The average molecular weight is 374 g/mol. The van der Waals surface area contributed by atoms with Crippen molar-refractivity contribution in [3.05, 3.63) is 49.7 Å². The zero-order chi connectivity index (χ0) is 19.6. The second-order valence-electron chi connectivity index (χ2n) is 6.28. The second kappa shape index (κ2) is 7.52. The van der Waals surface area contributed by atoms with Crippen molar-refractivity contribution in [2.75, 3.05) is 6.61 Å². The van der Waals surface area contributed by atoms with Crippen molar-refractivity contribution in [3.8, 4) is 11.3 Å². The molecule has 0 aliphatic heterocycles. The third-order valence-corrected chi connectivity index (χ3v) is 4.68. The number of nitrogens with one attached hydrogen (secondary N) is 1. The van der Waals surface area contributed by atoms with Crippen molar-refractivity contribution in [1.29, 1.82) is 0 Å². The quantitative estimate of drug-likeness (QED) is 0.461. The molecule has 1 N–H and O–H groups in total. The molecule has 10 nitrogen and oxygen atoms in total. The van der Waals surface area contributed by atoms with Crippen LogP contribution in [0.3, 0.4) is 0 Å². The lowest BCUT2D eigenvalue weighted by molar-refractivity contribution is -0.393. The van der Waals surface area contributed by atoms with Crippen LogP contribution in [0.4, 0.5) is 11.4 Å². The number of ether oxygens (including phenoxy) is 1. The minimum atomic E-state index is -0.721. The molecule has 0 saturated heterocycles. The summed E-state index contributed by atoms with van der Waals surface area (Å²) >= 11 is 0. The van der Waals surface area contributed by atoms with E-state index in [1.807, 2.05) is 0 Å². The number of hydrogen-bond acceptors (Lipinski definition) is 7. The van der Waals surface area contributed by atoms with Crippen LogP contribution in [0.25, 0.3) is 11.3 Å². The normalized spacial score (nSPS) is 14.3. The Hall–Kier alpha value is -3.30.